The van der Waals surface area contributed by atoms with Gasteiger partial charge in [-0.15, -0.1) is 0 Å². The number of ether oxygens (including phenoxy) is 6. The highest BCUT2D eigenvalue weighted by molar-refractivity contribution is 4.74. The highest BCUT2D eigenvalue weighted by atomic mass is 16.6. The SMILES string of the molecule is CCCCCCCCCCCCCCCCOCC(OCC(O)CO)C(COCCCCCCCCCCCCCCCC)OCC(COCC(O)CO)OCC(O)CO. The summed E-state index contributed by atoms with van der Waals surface area (Å²) in [6.07, 6.45) is 30.8. The molecule has 0 saturated carbocycles. The van der Waals surface area contributed by atoms with Crippen molar-refractivity contribution in [1.29, 1.82) is 0 Å². The Balaban J connectivity index is 5.00. The first-order valence-corrected chi connectivity index (χ1v) is 24.9. The van der Waals surface area contributed by atoms with E-state index in [-0.39, 0.29) is 46.2 Å². The zero-order valence-electron chi connectivity index (χ0n) is 38.9. The van der Waals surface area contributed by atoms with Gasteiger partial charge in [0.15, 0.2) is 0 Å². The van der Waals surface area contributed by atoms with Crippen LogP contribution >= 0.6 is 0 Å². The number of rotatable bonds is 51. The van der Waals surface area contributed by atoms with E-state index in [1.165, 1.54) is 154 Å². The average Bonchev–Trinajstić information content (AvgIpc) is 3.26. The van der Waals surface area contributed by atoms with Crippen LogP contribution in [0, 0.1) is 0 Å². The quantitative estimate of drug-likeness (QED) is 0.0324. The zero-order valence-corrected chi connectivity index (χ0v) is 38.9. The van der Waals surface area contributed by atoms with E-state index in [0.29, 0.717) is 13.2 Å². The second kappa shape index (κ2) is 48.0. The molecule has 6 atom stereocenters. The average molecular weight is 867 g/mol. The Labute approximate surface area is 367 Å². The lowest BCUT2D eigenvalue weighted by molar-refractivity contribution is -0.163. The fourth-order valence-electron chi connectivity index (χ4n) is 7.07. The summed E-state index contributed by atoms with van der Waals surface area (Å²) in [4.78, 5) is 0. The summed E-state index contributed by atoms with van der Waals surface area (Å²) in [6, 6.07) is 0. The number of unbranched alkanes of at least 4 members (excludes halogenated alkanes) is 26. The first-order chi connectivity index (χ1) is 29.4. The van der Waals surface area contributed by atoms with Crippen molar-refractivity contribution in [3.63, 3.8) is 0 Å². The fraction of sp³-hybridized carbons (Fsp3) is 1.00. The molecule has 12 heteroatoms. The van der Waals surface area contributed by atoms with Crippen LogP contribution in [0.4, 0.5) is 0 Å². The molecule has 6 unspecified atom stereocenters. The van der Waals surface area contributed by atoms with Crippen molar-refractivity contribution in [2.45, 2.75) is 230 Å². The molecule has 0 aromatic heterocycles. The third-order valence-corrected chi connectivity index (χ3v) is 11.0. The number of hydrogen-bond donors (Lipinski definition) is 6. The summed E-state index contributed by atoms with van der Waals surface area (Å²) >= 11 is 0. The molecule has 0 fully saturated rings. The molecule has 0 bridgehead atoms. The molecule has 0 aliphatic heterocycles. The van der Waals surface area contributed by atoms with Gasteiger partial charge in [0.05, 0.1) is 66.1 Å². The maximum atomic E-state index is 10.1. The highest BCUT2D eigenvalue weighted by Crippen LogP contribution is 2.16. The lowest BCUT2D eigenvalue weighted by Crippen LogP contribution is -2.43. The molecule has 12 nitrogen and oxygen atoms in total. The molecule has 0 rings (SSSR count). The minimum absolute atomic E-state index is 0.00616. The molecular weight excluding hydrogens is 769 g/mol. The molecule has 6 N–H and O–H groups in total. The molecule has 0 spiro atoms. The Bertz CT molecular complexity index is 811. The summed E-state index contributed by atoms with van der Waals surface area (Å²) in [7, 11) is 0. The normalized spacial score (nSPS) is 15.0. The molecule has 0 saturated heterocycles. The molecule has 0 aromatic rings. The monoisotopic (exact) mass is 867 g/mol. The Morgan fingerprint density at radius 2 is 0.600 bits per heavy atom. The molecular formula is C48H98O12. The summed E-state index contributed by atoms with van der Waals surface area (Å²) < 4.78 is 36.0. The second-order valence-electron chi connectivity index (χ2n) is 17.1. The van der Waals surface area contributed by atoms with E-state index in [4.69, 9.17) is 28.4 Å². The van der Waals surface area contributed by atoms with Crippen LogP contribution < -0.4 is 0 Å². The van der Waals surface area contributed by atoms with Gasteiger partial charge in [0.25, 0.3) is 0 Å². The van der Waals surface area contributed by atoms with Crippen LogP contribution in [0.25, 0.3) is 0 Å². The summed E-state index contributed by atoms with van der Waals surface area (Å²) in [6.45, 7) is 4.38. The molecule has 0 aliphatic rings. The molecule has 362 valence electrons. The van der Waals surface area contributed by atoms with E-state index < -0.39 is 56.4 Å². The molecule has 0 heterocycles. The van der Waals surface area contributed by atoms with Gasteiger partial charge in [-0.3, -0.25) is 0 Å². The molecule has 0 amide bonds. The van der Waals surface area contributed by atoms with Gasteiger partial charge in [-0.2, -0.15) is 0 Å². The van der Waals surface area contributed by atoms with Gasteiger partial charge < -0.3 is 59.1 Å². The standard InChI is InChI=1S/C48H98O12/c1-3-5-7-9-11-13-15-17-19-21-23-25-27-29-31-55-41-47(59-38-45(54)35-51)48(60-40-46(58-37-44(53)34-50)39-57-36-43(52)33-49)42-56-32-30-28-26-24-22-20-18-16-14-12-10-8-6-4-2/h43-54H,3-42H2,1-2H3. The van der Waals surface area contributed by atoms with Crippen LogP contribution in [0.15, 0.2) is 0 Å². The van der Waals surface area contributed by atoms with Gasteiger partial charge in [-0.25, -0.2) is 0 Å². The fourth-order valence-corrected chi connectivity index (χ4v) is 7.07. The van der Waals surface area contributed by atoms with Crippen molar-refractivity contribution >= 4 is 0 Å². The lowest BCUT2D eigenvalue weighted by atomic mass is 10.0. The van der Waals surface area contributed by atoms with E-state index in [1.807, 2.05) is 0 Å². The Morgan fingerprint density at radius 1 is 0.300 bits per heavy atom. The van der Waals surface area contributed by atoms with Crippen LogP contribution in [-0.2, 0) is 28.4 Å². The number of hydrogen-bond acceptors (Lipinski definition) is 12. The van der Waals surface area contributed by atoms with E-state index in [0.717, 1.165) is 25.7 Å². The van der Waals surface area contributed by atoms with Crippen LogP contribution in [0.3, 0.4) is 0 Å². The van der Waals surface area contributed by atoms with Gasteiger partial charge in [-0.05, 0) is 12.8 Å². The summed E-state index contributed by atoms with van der Waals surface area (Å²) in [5.74, 6) is 0. The third-order valence-electron chi connectivity index (χ3n) is 11.0. The molecule has 0 radical (unpaired) electrons. The number of aliphatic hydroxyl groups excluding tert-OH is 6. The van der Waals surface area contributed by atoms with Crippen molar-refractivity contribution in [3.8, 4) is 0 Å². The van der Waals surface area contributed by atoms with Crippen molar-refractivity contribution in [2.75, 3.05) is 79.3 Å². The number of aliphatic hydroxyl groups is 6. The van der Waals surface area contributed by atoms with Gasteiger partial charge in [0.1, 0.15) is 36.6 Å². The Morgan fingerprint density at radius 3 is 0.950 bits per heavy atom. The summed E-state index contributed by atoms with van der Waals surface area (Å²) in [5.41, 5.74) is 0. The summed E-state index contributed by atoms with van der Waals surface area (Å²) in [5, 5.41) is 57.8. The largest absolute Gasteiger partial charge is 0.394 e. The second-order valence-corrected chi connectivity index (χ2v) is 17.1. The first-order valence-electron chi connectivity index (χ1n) is 24.9. The van der Waals surface area contributed by atoms with Crippen LogP contribution in [0.5, 0.6) is 0 Å². The van der Waals surface area contributed by atoms with Crippen LogP contribution in [-0.4, -0.2) is 147 Å². The minimum atomic E-state index is -1.08. The Hall–Kier alpha value is -0.480. The van der Waals surface area contributed by atoms with E-state index in [2.05, 4.69) is 13.8 Å². The zero-order chi connectivity index (χ0) is 44.0. The van der Waals surface area contributed by atoms with Crippen molar-refractivity contribution in [3.05, 3.63) is 0 Å². The highest BCUT2D eigenvalue weighted by Gasteiger charge is 2.27. The van der Waals surface area contributed by atoms with Crippen molar-refractivity contribution in [2.24, 2.45) is 0 Å². The van der Waals surface area contributed by atoms with E-state index >= 15 is 0 Å². The smallest absolute Gasteiger partial charge is 0.109 e. The van der Waals surface area contributed by atoms with Gasteiger partial charge in [0.2, 0.25) is 0 Å². The molecule has 60 heavy (non-hydrogen) atoms. The van der Waals surface area contributed by atoms with Crippen molar-refractivity contribution in [1.82, 2.24) is 0 Å². The molecule has 0 aromatic carbocycles. The van der Waals surface area contributed by atoms with E-state index in [1.54, 1.807) is 0 Å². The predicted molar refractivity (Wildman–Crippen MR) is 242 cm³/mol. The maximum absolute atomic E-state index is 10.1. The van der Waals surface area contributed by atoms with Crippen LogP contribution in [0.1, 0.15) is 194 Å². The van der Waals surface area contributed by atoms with Crippen molar-refractivity contribution < 1.29 is 59.1 Å². The Kier molecular flexibility index (Phi) is 47.6. The van der Waals surface area contributed by atoms with Gasteiger partial charge >= 0.3 is 0 Å². The van der Waals surface area contributed by atoms with E-state index in [9.17, 15) is 30.6 Å². The molecule has 0 aliphatic carbocycles. The lowest BCUT2D eigenvalue weighted by Gasteiger charge is -2.30. The maximum Gasteiger partial charge on any atom is 0.109 e. The van der Waals surface area contributed by atoms with Crippen LogP contribution in [0.2, 0.25) is 0 Å². The third kappa shape index (κ3) is 41.5. The van der Waals surface area contributed by atoms with Gasteiger partial charge in [-0.1, -0.05) is 181 Å². The predicted octanol–water partition coefficient (Wildman–Crippen LogP) is 8.21. The minimum Gasteiger partial charge on any atom is -0.394 e. The topological polar surface area (TPSA) is 177 Å². The first kappa shape index (κ1) is 59.5. The van der Waals surface area contributed by atoms with Gasteiger partial charge in [0, 0.05) is 13.2 Å².